The van der Waals surface area contributed by atoms with Crippen LogP contribution < -0.4 is 10.0 Å². The van der Waals surface area contributed by atoms with E-state index in [4.69, 9.17) is 0 Å². The van der Waals surface area contributed by atoms with Gasteiger partial charge in [-0.25, -0.2) is 13.1 Å². The lowest BCUT2D eigenvalue weighted by Gasteiger charge is -2.05. The summed E-state index contributed by atoms with van der Waals surface area (Å²) in [5.74, 6) is 0. The monoisotopic (exact) mass is 368 g/mol. The van der Waals surface area contributed by atoms with E-state index < -0.39 is 10.0 Å². The van der Waals surface area contributed by atoms with Crippen molar-refractivity contribution in [3.8, 4) is 0 Å². The topological polar surface area (TPSA) is 58.2 Å². The lowest BCUT2D eigenvalue weighted by molar-refractivity contribution is 0.573. The van der Waals surface area contributed by atoms with E-state index in [-0.39, 0.29) is 0 Å². The Morgan fingerprint density at radius 2 is 2.05 bits per heavy atom. The molecule has 1 heterocycles. The van der Waals surface area contributed by atoms with Gasteiger partial charge in [-0.1, -0.05) is 26.2 Å². The number of hydrogen-bond acceptors (Lipinski definition) is 4. The van der Waals surface area contributed by atoms with Gasteiger partial charge in [-0.3, -0.25) is 0 Å². The maximum atomic E-state index is 12.1. The van der Waals surface area contributed by atoms with Gasteiger partial charge in [0.25, 0.3) is 0 Å². The molecule has 0 fully saturated rings. The van der Waals surface area contributed by atoms with Crippen LogP contribution in [0.4, 0.5) is 0 Å². The fraction of sp³-hybridized carbons (Fsp3) is 0.667. The molecule has 0 aliphatic rings. The van der Waals surface area contributed by atoms with Crippen LogP contribution in [-0.2, 0) is 16.6 Å². The van der Waals surface area contributed by atoms with Crippen LogP contribution in [0.1, 0.15) is 37.5 Å². The van der Waals surface area contributed by atoms with Crippen LogP contribution in [0.3, 0.4) is 0 Å². The molecule has 2 N–H and O–H groups in total. The number of unbranched alkanes of at least 4 members (excludes halogenated alkanes) is 3. The molecule has 0 aliphatic carbocycles. The molecule has 0 aliphatic heterocycles. The summed E-state index contributed by atoms with van der Waals surface area (Å²) in [5, 5.41) is 3.02. The summed E-state index contributed by atoms with van der Waals surface area (Å²) in [6, 6.07) is 1.72. The van der Waals surface area contributed by atoms with Gasteiger partial charge in [-0.15, -0.1) is 11.3 Å². The summed E-state index contributed by atoms with van der Waals surface area (Å²) in [5.41, 5.74) is 0. The Morgan fingerprint density at radius 1 is 1.32 bits per heavy atom. The Balaban J connectivity index is 2.61. The average molecular weight is 369 g/mol. The van der Waals surface area contributed by atoms with E-state index in [0.29, 0.717) is 21.8 Å². The minimum Gasteiger partial charge on any atom is -0.315 e. The zero-order valence-corrected chi connectivity index (χ0v) is 14.5. The van der Waals surface area contributed by atoms with Crippen LogP contribution >= 0.6 is 27.3 Å². The fourth-order valence-electron chi connectivity index (χ4n) is 1.68. The van der Waals surface area contributed by atoms with Crippen molar-refractivity contribution < 1.29 is 8.42 Å². The molecular formula is C12H21BrN2O2S2. The fourth-order valence-corrected chi connectivity index (χ4v) is 5.44. The molecule has 0 bridgehead atoms. The first-order valence-corrected chi connectivity index (χ1v) is 9.53. The number of hydrogen-bond donors (Lipinski definition) is 2. The van der Waals surface area contributed by atoms with E-state index in [9.17, 15) is 8.42 Å². The zero-order chi connectivity index (χ0) is 14.3. The molecule has 1 rings (SSSR count). The lowest BCUT2D eigenvalue weighted by Crippen LogP contribution is -2.24. The van der Waals surface area contributed by atoms with Crippen LogP contribution in [-0.4, -0.2) is 22.0 Å². The van der Waals surface area contributed by atoms with Crippen LogP contribution in [0.5, 0.6) is 0 Å². The van der Waals surface area contributed by atoms with Gasteiger partial charge >= 0.3 is 0 Å². The number of sulfonamides is 1. The number of nitrogens with one attached hydrogen (secondary N) is 2. The Morgan fingerprint density at radius 3 is 2.68 bits per heavy atom. The van der Waals surface area contributed by atoms with E-state index in [1.165, 1.54) is 11.3 Å². The van der Waals surface area contributed by atoms with E-state index in [1.54, 1.807) is 6.07 Å². The SMILES string of the molecule is CCCCCCNS(=O)(=O)c1cc(CNC)sc1Br. The van der Waals surface area contributed by atoms with Crippen molar-refractivity contribution in [1.29, 1.82) is 0 Å². The quantitative estimate of drug-likeness (QED) is 0.658. The number of thiophene rings is 1. The van der Waals surface area contributed by atoms with Crippen LogP contribution in [0.15, 0.2) is 14.7 Å². The van der Waals surface area contributed by atoms with Crippen LogP contribution in [0, 0.1) is 0 Å². The molecule has 0 aromatic carbocycles. The van der Waals surface area contributed by atoms with Gasteiger partial charge < -0.3 is 5.32 Å². The summed E-state index contributed by atoms with van der Waals surface area (Å²) < 4.78 is 27.6. The standard InChI is InChI=1S/C12H21BrN2O2S2/c1-3-4-5-6-7-15-19(16,17)11-8-10(9-14-2)18-12(11)13/h8,14-15H,3-7,9H2,1-2H3. The average Bonchev–Trinajstić information content (AvgIpc) is 2.71. The Labute approximate surface area is 128 Å². The van der Waals surface area contributed by atoms with Crippen molar-refractivity contribution in [3.63, 3.8) is 0 Å². The van der Waals surface area contributed by atoms with Gasteiger partial charge in [0.15, 0.2) is 0 Å². The minimum absolute atomic E-state index is 0.346. The molecule has 0 saturated carbocycles. The molecule has 7 heteroatoms. The highest BCUT2D eigenvalue weighted by Gasteiger charge is 2.20. The largest absolute Gasteiger partial charge is 0.315 e. The van der Waals surface area contributed by atoms with Gasteiger partial charge in [0, 0.05) is 18.0 Å². The molecule has 19 heavy (non-hydrogen) atoms. The van der Waals surface area contributed by atoms with Crippen molar-refractivity contribution in [2.45, 2.75) is 44.0 Å². The smallest absolute Gasteiger partial charge is 0.242 e. The first-order chi connectivity index (χ1) is 9.01. The Hall–Kier alpha value is 0.0500. The molecular weight excluding hydrogens is 348 g/mol. The highest BCUT2D eigenvalue weighted by Crippen LogP contribution is 2.31. The van der Waals surface area contributed by atoms with Crippen LogP contribution in [0.25, 0.3) is 0 Å². The summed E-state index contributed by atoms with van der Waals surface area (Å²) in [7, 11) is -1.55. The van der Waals surface area contributed by atoms with Crippen LogP contribution in [0.2, 0.25) is 0 Å². The molecule has 1 aromatic rings. The first-order valence-electron chi connectivity index (χ1n) is 6.43. The molecule has 1 aromatic heterocycles. The molecule has 0 atom stereocenters. The maximum Gasteiger partial charge on any atom is 0.242 e. The van der Waals surface area contributed by atoms with Crippen molar-refractivity contribution in [1.82, 2.24) is 10.0 Å². The number of halogens is 1. The van der Waals surface area contributed by atoms with Gasteiger partial charge in [0.1, 0.15) is 4.90 Å². The number of rotatable bonds is 9. The molecule has 0 saturated heterocycles. The molecule has 0 spiro atoms. The van der Waals surface area contributed by atoms with E-state index in [2.05, 4.69) is 32.9 Å². The Bertz CT molecular complexity index is 486. The molecule has 110 valence electrons. The highest BCUT2D eigenvalue weighted by molar-refractivity contribution is 9.11. The van der Waals surface area contributed by atoms with E-state index in [0.717, 1.165) is 30.6 Å². The van der Waals surface area contributed by atoms with E-state index in [1.807, 2.05) is 7.05 Å². The summed E-state index contributed by atoms with van der Waals surface area (Å²) in [6.45, 7) is 3.32. The summed E-state index contributed by atoms with van der Waals surface area (Å²) in [6.07, 6.45) is 4.25. The highest BCUT2D eigenvalue weighted by atomic mass is 79.9. The third-order valence-corrected chi connectivity index (χ3v) is 6.38. The second kappa shape index (κ2) is 8.36. The van der Waals surface area contributed by atoms with Crippen molar-refractivity contribution in [3.05, 3.63) is 14.7 Å². The van der Waals surface area contributed by atoms with Gasteiger partial charge in [0.05, 0.1) is 3.79 Å². The summed E-state index contributed by atoms with van der Waals surface area (Å²) in [4.78, 5) is 1.35. The third-order valence-electron chi connectivity index (χ3n) is 2.67. The van der Waals surface area contributed by atoms with Gasteiger partial charge in [0.2, 0.25) is 10.0 Å². The van der Waals surface area contributed by atoms with Gasteiger partial charge in [-0.2, -0.15) is 0 Å². The van der Waals surface area contributed by atoms with Crippen molar-refractivity contribution >= 4 is 37.3 Å². The molecule has 0 radical (unpaired) electrons. The van der Waals surface area contributed by atoms with E-state index >= 15 is 0 Å². The van der Waals surface area contributed by atoms with Crippen molar-refractivity contribution in [2.24, 2.45) is 0 Å². The molecule has 0 amide bonds. The normalized spacial score (nSPS) is 11.9. The second-order valence-corrected chi connectivity index (χ2v) is 8.53. The van der Waals surface area contributed by atoms with Gasteiger partial charge in [-0.05, 0) is 35.5 Å². The minimum atomic E-state index is -3.39. The predicted molar refractivity (Wildman–Crippen MR) is 84.1 cm³/mol. The summed E-state index contributed by atoms with van der Waals surface area (Å²) >= 11 is 4.78. The zero-order valence-electron chi connectivity index (χ0n) is 11.3. The van der Waals surface area contributed by atoms with Crippen molar-refractivity contribution in [2.75, 3.05) is 13.6 Å². The molecule has 0 unspecified atom stereocenters. The Kier molecular flexibility index (Phi) is 7.53. The lowest BCUT2D eigenvalue weighted by atomic mass is 10.2. The maximum absolute atomic E-state index is 12.1. The third kappa shape index (κ3) is 5.51. The molecule has 4 nitrogen and oxygen atoms in total. The predicted octanol–water partition coefficient (Wildman–Crippen LogP) is 3.09. The first kappa shape index (κ1) is 17.1. The second-order valence-electron chi connectivity index (χ2n) is 4.34.